The lowest BCUT2D eigenvalue weighted by atomic mass is 10.1. The van der Waals surface area contributed by atoms with Crippen molar-refractivity contribution in [2.75, 3.05) is 19.6 Å². The van der Waals surface area contributed by atoms with Gasteiger partial charge in [-0.05, 0) is 31.4 Å². The first-order valence-corrected chi connectivity index (χ1v) is 9.71. The molecule has 0 saturated heterocycles. The fourth-order valence-electron chi connectivity index (χ4n) is 2.85. The van der Waals surface area contributed by atoms with Gasteiger partial charge in [-0.2, -0.15) is 4.31 Å². The molecule has 2 rings (SSSR count). The SMILES string of the molecule is Cc1ccc(C)c(S(=O)(=O)N(CCN)CCc2ccccc2)c1[N+](=O)[O-].Cl. The predicted octanol–water partition coefficient (Wildman–Crippen LogP) is 2.83. The smallest absolute Gasteiger partial charge is 0.292 e. The summed E-state index contributed by atoms with van der Waals surface area (Å²) in [4.78, 5) is 10.6. The summed E-state index contributed by atoms with van der Waals surface area (Å²) in [5, 5.41) is 11.5. The van der Waals surface area contributed by atoms with E-state index < -0.39 is 14.9 Å². The van der Waals surface area contributed by atoms with Crippen LogP contribution in [0.5, 0.6) is 0 Å². The first-order chi connectivity index (χ1) is 12.3. The van der Waals surface area contributed by atoms with Crippen LogP contribution in [0, 0.1) is 24.0 Å². The average molecular weight is 414 g/mol. The molecule has 0 bridgehead atoms. The van der Waals surface area contributed by atoms with Crippen molar-refractivity contribution >= 4 is 28.1 Å². The van der Waals surface area contributed by atoms with E-state index in [1.165, 1.54) is 11.2 Å². The maximum atomic E-state index is 13.2. The number of nitrogens with zero attached hydrogens (tertiary/aromatic N) is 2. The number of hydrogen-bond donors (Lipinski definition) is 1. The van der Waals surface area contributed by atoms with Crippen LogP contribution in [0.15, 0.2) is 47.4 Å². The summed E-state index contributed by atoms with van der Waals surface area (Å²) in [6, 6.07) is 12.6. The lowest BCUT2D eigenvalue weighted by Crippen LogP contribution is -2.37. The van der Waals surface area contributed by atoms with Crippen LogP contribution >= 0.6 is 12.4 Å². The van der Waals surface area contributed by atoms with E-state index in [-0.39, 0.29) is 42.6 Å². The Kier molecular flexibility index (Phi) is 8.36. The zero-order valence-corrected chi connectivity index (χ0v) is 16.9. The number of rotatable bonds is 8. The Morgan fingerprint density at radius 2 is 1.63 bits per heavy atom. The number of nitro groups is 1. The van der Waals surface area contributed by atoms with Crippen molar-refractivity contribution < 1.29 is 13.3 Å². The maximum Gasteiger partial charge on any atom is 0.292 e. The molecular formula is C18H24ClN3O4S. The lowest BCUT2D eigenvalue weighted by molar-refractivity contribution is -0.388. The van der Waals surface area contributed by atoms with E-state index in [0.717, 1.165) is 5.56 Å². The van der Waals surface area contributed by atoms with Crippen molar-refractivity contribution in [2.45, 2.75) is 25.2 Å². The van der Waals surface area contributed by atoms with Gasteiger partial charge in [0.1, 0.15) is 0 Å². The summed E-state index contributed by atoms with van der Waals surface area (Å²) in [7, 11) is -4.05. The number of hydrogen-bond acceptors (Lipinski definition) is 5. The number of nitro benzene ring substituents is 1. The van der Waals surface area contributed by atoms with E-state index in [4.69, 9.17) is 5.73 Å². The van der Waals surface area contributed by atoms with Gasteiger partial charge in [0.15, 0.2) is 4.90 Å². The molecule has 0 aliphatic heterocycles. The molecule has 9 heteroatoms. The monoisotopic (exact) mass is 413 g/mol. The predicted molar refractivity (Wildman–Crippen MR) is 108 cm³/mol. The molecule has 2 N–H and O–H groups in total. The number of benzene rings is 2. The van der Waals surface area contributed by atoms with E-state index in [1.54, 1.807) is 19.1 Å². The number of sulfonamides is 1. The second-order valence-corrected chi connectivity index (χ2v) is 7.94. The molecule has 27 heavy (non-hydrogen) atoms. The lowest BCUT2D eigenvalue weighted by Gasteiger charge is -2.23. The highest BCUT2D eigenvalue weighted by atomic mass is 35.5. The molecule has 0 aliphatic carbocycles. The van der Waals surface area contributed by atoms with Crippen molar-refractivity contribution in [1.29, 1.82) is 0 Å². The van der Waals surface area contributed by atoms with Gasteiger partial charge in [-0.3, -0.25) is 10.1 Å². The van der Waals surface area contributed by atoms with Gasteiger partial charge in [-0.1, -0.05) is 42.5 Å². The number of aryl methyl sites for hydroxylation is 2. The molecule has 0 spiro atoms. The maximum absolute atomic E-state index is 13.2. The van der Waals surface area contributed by atoms with Crippen molar-refractivity contribution in [3.8, 4) is 0 Å². The highest BCUT2D eigenvalue weighted by Crippen LogP contribution is 2.32. The third-order valence-corrected chi connectivity index (χ3v) is 6.26. The molecule has 0 saturated carbocycles. The summed E-state index contributed by atoms with van der Waals surface area (Å²) in [5.74, 6) is 0. The quantitative estimate of drug-likeness (QED) is 0.529. The number of halogens is 1. The molecule has 0 fully saturated rings. The molecule has 0 atom stereocenters. The van der Waals surface area contributed by atoms with Crippen molar-refractivity contribution in [2.24, 2.45) is 5.73 Å². The van der Waals surface area contributed by atoms with E-state index >= 15 is 0 Å². The number of nitrogens with two attached hydrogens (primary N) is 1. The van der Waals surface area contributed by atoms with Gasteiger partial charge in [0.25, 0.3) is 5.69 Å². The summed E-state index contributed by atoms with van der Waals surface area (Å²) in [6.07, 6.45) is 0.499. The third-order valence-electron chi connectivity index (χ3n) is 4.18. The molecule has 0 aliphatic rings. The van der Waals surface area contributed by atoms with Crippen LogP contribution in [0.2, 0.25) is 0 Å². The molecule has 0 heterocycles. The van der Waals surface area contributed by atoms with Crippen LogP contribution in [0.4, 0.5) is 5.69 Å². The Labute approximate surface area is 165 Å². The fourth-order valence-corrected chi connectivity index (χ4v) is 4.74. The van der Waals surface area contributed by atoms with Gasteiger partial charge in [0.05, 0.1) is 4.92 Å². The van der Waals surface area contributed by atoms with Crippen LogP contribution in [0.25, 0.3) is 0 Å². The van der Waals surface area contributed by atoms with E-state index in [0.29, 0.717) is 17.5 Å². The molecule has 0 radical (unpaired) electrons. The van der Waals surface area contributed by atoms with Gasteiger partial charge in [0.2, 0.25) is 10.0 Å². The Balaban J connectivity index is 0.00000364. The van der Waals surface area contributed by atoms with Gasteiger partial charge >= 0.3 is 0 Å². The second-order valence-electron chi connectivity index (χ2n) is 6.06. The van der Waals surface area contributed by atoms with E-state index in [9.17, 15) is 18.5 Å². The van der Waals surface area contributed by atoms with E-state index in [1.807, 2.05) is 30.3 Å². The van der Waals surface area contributed by atoms with Gasteiger partial charge in [-0.15, -0.1) is 12.4 Å². The van der Waals surface area contributed by atoms with Crippen molar-refractivity contribution in [1.82, 2.24) is 4.31 Å². The van der Waals surface area contributed by atoms with Crippen LogP contribution in [-0.2, 0) is 16.4 Å². The molecule has 0 amide bonds. The molecular weight excluding hydrogens is 390 g/mol. The molecule has 2 aromatic carbocycles. The Hall–Kier alpha value is -2.00. The van der Waals surface area contributed by atoms with Crippen molar-refractivity contribution in [3.63, 3.8) is 0 Å². The Morgan fingerprint density at radius 1 is 1.04 bits per heavy atom. The molecule has 0 unspecified atom stereocenters. The molecule has 7 nitrogen and oxygen atoms in total. The summed E-state index contributed by atoms with van der Waals surface area (Å²) < 4.78 is 27.6. The highest BCUT2D eigenvalue weighted by Gasteiger charge is 2.34. The van der Waals surface area contributed by atoms with Gasteiger partial charge in [-0.25, -0.2) is 8.42 Å². The summed E-state index contributed by atoms with van der Waals surface area (Å²) in [6.45, 7) is 3.53. The van der Waals surface area contributed by atoms with Crippen LogP contribution in [-0.4, -0.2) is 37.3 Å². The molecule has 2 aromatic rings. The molecule has 0 aromatic heterocycles. The third kappa shape index (κ3) is 5.26. The zero-order valence-electron chi connectivity index (χ0n) is 15.3. The highest BCUT2D eigenvalue weighted by molar-refractivity contribution is 7.89. The van der Waals surface area contributed by atoms with Crippen LogP contribution in [0.1, 0.15) is 16.7 Å². The first kappa shape index (κ1) is 23.0. The fraction of sp³-hybridized carbons (Fsp3) is 0.333. The summed E-state index contributed by atoms with van der Waals surface area (Å²) >= 11 is 0. The normalized spacial score (nSPS) is 11.3. The van der Waals surface area contributed by atoms with Gasteiger partial charge < -0.3 is 5.73 Å². The average Bonchev–Trinajstić information content (AvgIpc) is 2.60. The van der Waals surface area contributed by atoms with E-state index in [2.05, 4.69) is 0 Å². The topological polar surface area (TPSA) is 107 Å². The van der Waals surface area contributed by atoms with Crippen molar-refractivity contribution in [3.05, 3.63) is 69.3 Å². The Bertz CT molecular complexity index is 889. The van der Waals surface area contributed by atoms with Crippen LogP contribution < -0.4 is 5.73 Å². The first-order valence-electron chi connectivity index (χ1n) is 8.27. The van der Waals surface area contributed by atoms with Crippen LogP contribution in [0.3, 0.4) is 0 Å². The minimum Gasteiger partial charge on any atom is -0.329 e. The standard InChI is InChI=1S/C18H23N3O4S.ClH/c1-14-8-9-15(2)18(17(14)21(22)23)26(24,25)20(13-11-19)12-10-16-6-4-3-5-7-16;/h3-9H,10-13,19H2,1-2H3;1H. The largest absolute Gasteiger partial charge is 0.329 e. The minimum absolute atomic E-state index is 0. The molecule has 148 valence electrons. The minimum atomic E-state index is -4.05. The van der Waals surface area contributed by atoms with Gasteiger partial charge in [0, 0.05) is 25.2 Å². The summed E-state index contributed by atoms with van der Waals surface area (Å²) in [5.41, 5.74) is 6.88. The zero-order chi connectivity index (χ0) is 19.3. The second kappa shape index (κ2) is 9.80. The Morgan fingerprint density at radius 3 is 2.19 bits per heavy atom.